The minimum absolute atomic E-state index is 0.00593. The lowest BCUT2D eigenvalue weighted by atomic mass is 10.2. The molecule has 2 N–H and O–H groups in total. The third-order valence-corrected chi connectivity index (χ3v) is 3.01. The number of carbonyl (C=O) groups is 1. The van der Waals surface area contributed by atoms with E-state index in [0.29, 0.717) is 6.61 Å². The summed E-state index contributed by atoms with van der Waals surface area (Å²) in [6.07, 6.45) is 2.73. The minimum atomic E-state index is -0.387. The highest BCUT2D eigenvalue weighted by molar-refractivity contribution is 7.98. The Kier molecular flexibility index (Phi) is 7.82. The van der Waals surface area contributed by atoms with Gasteiger partial charge in [0.15, 0.2) is 0 Å². The van der Waals surface area contributed by atoms with Gasteiger partial charge in [0.05, 0.1) is 18.7 Å². The van der Waals surface area contributed by atoms with Gasteiger partial charge in [-0.3, -0.25) is 4.79 Å². The van der Waals surface area contributed by atoms with Gasteiger partial charge in [0.25, 0.3) is 0 Å². The van der Waals surface area contributed by atoms with Crippen molar-refractivity contribution in [2.75, 3.05) is 32.8 Å². The molecule has 15 heavy (non-hydrogen) atoms. The molecule has 0 aromatic heterocycles. The molecule has 0 aromatic carbocycles. The Hall–Kier alpha value is -0.260. The van der Waals surface area contributed by atoms with E-state index >= 15 is 0 Å². The molecule has 1 unspecified atom stereocenters. The first-order valence-corrected chi connectivity index (χ1v) is 6.44. The van der Waals surface area contributed by atoms with E-state index in [-0.39, 0.29) is 18.0 Å². The highest BCUT2D eigenvalue weighted by Gasteiger charge is 2.21. The summed E-state index contributed by atoms with van der Waals surface area (Å²) in [5, 5.41) is 0. The number of hydrogen-bond donors (Lipinski definition) is 1. The van der Waals surface area contributed by atoms with Crippen molar-refractivity contribution >= 4 is 17.7 Å². The molecule has 90 valence electrons. The maximum atomic E-state index is 11.8. The van der Waals surface area contributed by atoms with Crippen molar-refractivity contribution in [3.05, 3.63) is 0 Å². The zero-order chi connectivity index (χ0) is 11.8. The lowest BCUT2D eigenvalue weighted by Gasteiger charge is -2.27. The summed E-state index contributed by atoms with van der Waals surface area (Å²) in [6.45, 7) is 2.49. The quantitative estimate of drug-likeness (QED) is 0.699. The zero-order valence-corrected chi connectivity index (χ0v) is 10.8. The molecule has 2 atom stereocenters. The van der Waals surface area contributed by atoms with E-state index in [0.717, 1.165) is 12.2 Å². The summed E-state index contributed by atoms with van der Waals surface area (Å²) in [7, 11) is 3.40. The van der Waals surface area contributed by atoms with Crippen molar-refractivity contribution in [3.63, 3.8) is 0 Å². The highest BCUT2D eigenvalue weighted by atomic mass is 32.2. The normalized spacial score (nSPS) is 14.7. The van der Waals surface area contributed by atoms with Crippen LogP contribution >= 0.6 is 11.8 Å². The van der Waals surface area contributed by atoms with Crippen LogP contribution < -0.4 is 5.73 Å². The van der Waals surface area contributed by atoms with Crippen LogP contribution in [-0.4, -0.2) is 55.7 Å². The summed E-state index contributed by atoms with van der Waals surface area (Å²) in [4.78, 5) is 13.5. The third kappa shape index (κ3) is 5.39. The molecule has 0 rings (SSSR count). The van der Waals surface area contributed by atoms with Crippen LogP contribution in [0.5, 0.6) is 0 Å². The van der Waals surface area contributed by atoms with Crippen LogP contribution in [0, 0.1) is 0 Å². The van der Waals surface area contributed by atoms with E-state index < -0.39 is 0 Å². The summed E-state index contributed by atoms with van der Waals surface area (Å²) in [6, 6.07) is -0.315. The Bertz CT molecular complexity index is 190. The number of carbonyl (C=O) groups excluding carboxylic acids is 1. The fourth-order valence-electron chi connectivity index (χ4n) is 1.20. The Morgan fingerprint density at radius 3 is 2.67 bits per heavy atom. The Balaban J connectivity index is 4.05. The average Bonchev–Trinajstić information content (AvgIpc) is 2.24. The van der Waals surface area contributed by atoms with Gasteiger partial charge in [0.1, 0.15) is 0 Å². The highest BCUT2D eigenvalue weighted by Crippen LogP contribution is 2.04. The first-order chi connectivity index (χ1) is 7.04. The molecular formula is C10H22N2O2S. The van der Waals surface area contributed by atoms with Crippen molar-refractivity contribution in [1.82, 2.24) is 4.90 Å². The minimum Gasteiger partial charge on any atom is -0.383 e. The molecule has 0 heterocycles. The second-order valence-corrected chi connectivity index (χ2v) is 4.63. The first-order valence-electron chi connectivity index (χ1n) is 5.04. The number of hydrogen-bond acceptors (Lipinski definition) is 4. The van der Waals surface area contributed by atoms with Gasteiger partial charge in [0.2, 0.25) is 5.91 Å². The van der Waals surface area contributed by atoms with E-state index in [1.807, 2.05) is 13.2 Å². The lowest BCUT2D eigenvalue weighted by Crippen LogP contribution is -2.47. The maximum absolute atomic E-state index is 11.8. The second-order valence-electron chi connectivity index (χ2n) is 3.64. The molecule has 4 nitrogen and oxygen atoms in total. The van der Waals surface area contributed by atoms with Gasteiger partial charge < -0.3 is 15.4 Å². The maximum Gasteiger partial charge on any atom is 0.239 e. The molecule has 0 spiro atoms. The average molecular weight is 234 g/mol. The molecule has 5 heteroatoms. The van der Waals surface area contributed by atoms with Gasteiger partial charge in [-0.05, 0) is 25.4 Å². The molecule has 0 aliphatic carbocycles. The van der Waals surface area contributed by atoms with Crippen molar-refractivity contribution in [1.29, 1.82) is 0 Å². The molecule has 0 saturated carbocycles. The summed E-state index contributed by atoms with van der Waals surface area (Å²) < 4.78 is 5.00. The van der Waals surface area contributed by atoms with E-state index in [9.17, 15) is 4.79 Å². The fourth-order valence-corrected chi connectivity index (χ4v) is 1.69. The number of rotatable bonds is 7. The number of methoxy groups -OCH3 is 1. The van der Waals surface area contributed by atoms with Crippen LogP contribution in [-0.2, 0) is 9.53 Å². The first kappa shape index (κ1) is 14.7. The lowest BCUT2D eigenvalue weighted by molar-refractivity contribution is -0.134. The van der Waals surface area contributed by atoms with Crippen LogP contribution in [0.15, 0.2) is 0 Å². The summed E-state index contributed by atoms with van der Waals surface area (Å²) >= 11 is 1.70. The zero-order valence-electron chi connectivity index (χ0n) is 10.0. The van der Waals surface area contributed by atoms with Crippen LogP contribution in [0.1, 0.15) is 13.3 Å². The van der Waals surface area contributed by atoms with Crippen LogP contribution in [0.25, 0.3) is 0 Å². The standard InChI is InChI=1S/C10H22N2O2S/c1-8(7-14-3)12(2)10(13)9(11)5-6-15-4/h8-9H,5-7,11H2,1-4H3/t8?,9-/m1/s1. The van der Waals surface area contributed by atoms with Gasteiger partial charge in [0, 0.05) is 14.2 Å². The molecule has 0 radical (unpaired) electrons. The van der Waals surface area contributed by atoms with Crippen molar-refractivity contribution in [2.24, 2.45) is 5.73 Å². The number of thioether (sulfide) groups is 1. The van der Waals surface area contributed by atoms with Gasteiger partial charge >= 0.3 is 0 Å². The largest absolute Gasteiger partial charge is 0.383 e. The van der Waals surface area contributed by atoms with Gasteiger partial charge in [-0.1, -0.05) is 0 Å². The molecule has 0 fully saturated rings. The molecule has 0 aliphatic rings. The predicted octanol–water partition coefficient (Wildman–Crippen LogP) is 0.560. The number of ether oxygens (including phenoxy) is 1. The number of likely N-dealkylation sites (N-methyl/N-ethyl adjacent to an activating group) is 1. The Labute approximate surface area is 96.5 Å². The van der Waals surface area contributed by atoms with E-state index in [4.69, 9.17) is 10.5 Å². The number of amides is 1. The van der Waals surface area contributed by atoms with Gasteiger partial charge in [-0.2, -0.15) is 11.8 Å². The molecule has 0 aromatic rings. The monoisotopic (exact) mass is 234 g/mol. The molecule has 0 aliphatic heterocycles. The summed E-state index contributed by atoms with van der Waals surface area (Å²) in [5.41, 5.74) is 5.79. The van der Waals surface area contributed by atoms with Crippen LogP contribution in [0.3, 0.4) is 0 Å². The van der Waals surface area contributed by atoms with Crippen molar-refractivity contribution in [2.45, 2.75) is 25.4 Å². The molecule has 0 saturated heterocycles. The van der Waals surface area contributed by atoms with Gasteiger partial charge in [-0.15, -0.1) is 0 Å². The Morgan fingerprint density at radius 2 is 2.20 bits per heavy atom. The van der Waals surface area contributed by atoms with E-state index in [1.165, 1.54) is 0 Å². The van der Waals surface area contributed by atoms with Crippen molar-refractivity contribution in [3.8, 4) is 0 Å². The fraction of sp³-hybridized carbons (Fsp3) is 0.900. The van der Waals surface area contributed by atoms with Crippen LogP contribution in [0.4, 0.5) is 0 Å². The SMILES string of the molecule is COCC(C)N(C)C(=O)[C@H](N)CCSC. The molecule has 0 bridgehead atoms. The van der Waals surface area contributed by atoms with Crippen LogP contribution in [0.2, 0.25) is 0 Å². The smallest absolute Gasteiger partial charge is 0.239 e. The molecule has 1 amide bonds. The predicted molar refractivity (Wildman–Crippen MR) is 65.1 cm³/mol. The van der Waals surface area contributed by atoms with Gasteiger partial charge in [-0.25, -0.2) is 0 Å². The Morgan fingerprint density at radius 1 is 1.60 bits per heavy atom. The molecular weight excluding hydrogens is 212 g/mol. The van der Waals surface area contributed by atoms with Crippen molar-refractivity contribution < 1.29 is 9.53 Å². The number of nitrogens with zero attached hydrogens (tertiary/aromatic N) is 1. The van der Waals surface area contributed by atoms with E-state index in [1.54, 1.807) is 30.8 Å². The number of nitrogens with two attached hydrogens (primary N) is 1. The third-order valence-electron chi connectivity index (χ3n) is 2.37. The van der Waals surface area contributed by atoms with E-state index in [2.05, 4.69) is 0 Å². The topological polar surface area (TPSA) is 55.6 Å². The summed E-state index contributed by atoms with van der Waals surface area (Å²) in [5.74, 6) is 0.910. The second kappa shape index (κ2) is 7.96.